The van der Waals surface area contributed by atoms with Crippen molar-refractivity contribution in [2.24, 2.45) is 11.7 Å². The SMILES string of the molecule is CCCC1CCN(c2ccc(C(C)N)cc2)CC1. The van der Waals surface area contributed by atoms with Gasteiger partial charge < -0.3 is 10.6 Å². The van der Waals surface area contributed by atoms with E-state index in [9.17, 15) is 0 Å². The first kappa shape index (κ1) is 13.4. The summed E-state index contributed by atoms with van der Waals surface area (Å²) in [5, 5.41) is 0. The number of nitrogens with two attached hydrogens (primary N) is 1. The molecule has 1 aliphatic heterocycles. The molecular weight excluding hydrogens is 220 g/mol. The predicted molar refractivity (Wildman–Crippen MR) is 78.9 cm³/mol. The van der Waals surface area contributed by atoms with Crippen LogP contribution in [0.4, 0.5) is 5.69 Å². The maximum Gasteiger partial charge on any atom is 0.0366 e. The van der Waals surface area contributed by atoms with E-state index < -0.39 is 0 Å². The third kappa shape index (κ3) is 3.26. The first-order valence-electron chi connectivity index (χ1n) is 7.31. The van der Waals surface area contributed by atoms with Gasteiger partial charge in [-0.1, -0.05) is 31.9 Å². The van der Waals surface area contributed by atoms with E-state index in [0.29, 0.717) is 0 Å². The maximum atomic E-state index is 5.88. The monoisotopic (exact) mass is 246 g/mol. The minimum atomic E-state index is 0.134. The second-order valence-corrected chi connectivity index (χ2v) is 5.60. The topological polar surface area (TPSA) is 29.3 Å². The van der Waals surface area contributed by atoms with Gasteiger partial charge in [0.05, 0.1) is 0 Å². The molecule has 1 aromatic rings. The van der Waals surface area contributed by atoms with Crippen LogP contribution >= 0.6 is 0 Å². The zero-order valence-corrected chi connectivity index (χ0v) is 11.7. The van der Waals surface area contributed by atoms with Crippen LogP contribution < -0.4 is 10.6 Å². The molecule has 2 heteroatoms. The highest BCUT2D eigenvalue weighted by Crippen LogP contribution is 2.26. The van der Waals surface area contributed by atoms with Crippen LogP contribution in [0.5, 0.6) is 0 Å². The molecule has 0 amide bonds. The number of hydrogen-bond donors (Lipinski definition) is 1. The number of benzene rings is 1. The van der Waals surface area contributed by atoms with E-state index in [-0.39, 0.29) is 6.04 Å². The van der Waals surface area contributed by atoms with Crippen molar-refractivity contribution in [3.63, 3.8) is 0 Å². The number of hydrogen-bond acceptors (Lipinski definition) is 2. The summed E-state index contributed by atoms with van der Waals surface area (Å²) in [4.78, 5) is 2.51. The average molecular weight is 246 g/mol. The zero-order valence-electron chi connectivity index (χ0n) is 11.7. The Morgan fingerprint density at radius 1 is 1.22 bits per heavy atom. The van der Waals surface area contributed by atoms with Gasteiger partial charge in [0, 0.05) is 24.8 Å². The predicted octanol–water partition coefficient (Wildman–Crippen LogP) is 3.72. The smallest absolute Gasteiger partial charge is 0.0366 e. The van der Waals surface area contributed by atoms with Gasteiger partial charge in [0.2, 0.25) is 0 Å². The highest BCUT2D eigenvalue weighted by molar-refractivity contribution is 5.48. The third-order valence-electron chi connectivity index (χ3n) is 4.10. The Bertz CT molecular complexity index is 348. The summed E-state index contributed by atoms with van der Waals surface area (Å²) < 4.78 is 0. The minimum absolute atomic E-state index is 0.134. The van der Waals surface area contributed by atoms with Crippen LogP contribution in [0.1, 0.15) is 51.1 Å². The normalized spacial score (nSPS) is 18.9. The summed E-state index contributed by atoms with van der Waals surface area (Å²) in [6.07, 6.45) is 5.43. The van der Waals surface area contributed by atoms with Crippen LogP contribution in [0.15, 0.2) is 24.3 Å². The van der Waals surface area contributed by atoms with E-state index in [0.717, 1.165) is 5.92 Å². The zero-order chi connectivity index (χ0) is 13.0. The fourth-order valence-electron chi connectivity index (χ4n) is 2.88. The second-order valence-electron chi connectivity index (χ2n) is 5.60. The van der Waals surface area contributed by atoms with E-state index in [2.05, 4.69) is 36.1 Å². The third-order valence-corrected chi connectivity index (χ3v) is 4.10. The lowest BCUT2D eigenvalue weighted by Crippen LogP contribution is -2.33. The summed E-state index contributed by atoms with van der Waals surface area (Å²) in [6, 6.07) is 8.91. The fourth-order valence-corrected chi connectivity index (χ4v) is 2.88. The van der Waals surface area contributed by atoms with Crippen LogP contribution in [0.2, 0.25) is 0 Å². The average Bonchev–Trinajstić information content (AvgIpc) is 2.40. The molecule has 1 aromatic carbocycles. The first-order valence-corrected chi connectivity index (χ1v) is 7.31. The van der Waals surface area contributed by atoms with Crippen LogP contribution in [-0.4, -0.2) is 13.1 Å². The highest BCUT2D eigenvalue weighted by Gasteiger charge is 2.18. The number of piperidine rings is 1. The van der Waals surface area contributed by atoms with E-state index in [4.69, 9.17) is 5.73 Å². The van der Waals surface area contributed by atoms with Gasteiger partial charge in [0.15, 0.2) is 0 Å². The van der Waals surface area contributed by atoms with Gasteiger partial charge in [-0.2, -0.15) is 0 Å². The van der Waals surface area contributed by atoms with Gasteiger partial charge in [-0.3, -0.25) is 0 Å². The maximum absolute atomic E-state index is 5.88. The largest absolute Gasteiger partial charge is 0.372 e. The van der Waals surface area contributed by atoms with Crippen molar-refractivity contribution >= 4 is 5.69 Å². The molecule has 1 unspecified atom stereocenters. The lowest BCUT2D eigenvalue weighted by molar-refractivity contribution is 0.378. The van der Waals surface area contributed by atoms with Crippen molar-refractivity contribution in [1.29, 1.82) is 0 Å². The molecule has 1 fully saturated rings. The molecule has 1 atom stereocenters. The second kappa shape index (κ2) is 6.24. The lowest BCUT2D eigenvalue weighted by atomic mass is 9.92. The molecule has 0 saturated carbocycles. The van der Waals surface area contributed by atoms with Gasteiger partial charge in [-0.25, -0.2) is 0 Å². The molecule has 18 heavy (non-hydrogen) atoms. The Hall–Kier alpha value is -1.02. The molecule has 2 rings (SSSR count). The molecule has 1 aliphatic rings. The van der Waals surface area contributed by atoms with Crippen molar-refractivity contribution in [1.82, 2.24) is 0 Å². The molecule has 1 heterocycles. The molecule has 0 aromatic heterocycles. The Labute approximate surface area is 111 Å². The first-order chi connectivity index (χ1) is 8.70. The summed E-state index contributed by atoms with van der Waals surface area (Å²) in [5.74, 6) is 0.953. The minimum Gasteiger partial charge on any atom is -0.372 e. The van der Waals surface area contributed by atoms with Crippen LogP contribution in [-0.2, 0) is 0 Å². The van der Waals surface area contributed by atoms with Crippen molar-refractivity contribution < 1.29 is 0 Å². The van der Waals surface area contributed by atoms with E-state index in [1.807, 2.05) is 6.92 Å². The number of anilines is 1. The summed E-state index contributed by atoms with van der Waals surface area (Å²) in [7, 11) is 0. The molecule has 100 valence electrons. The Morgan fingerprint density at radius 2 is 1.83 bits per heavy atom. The van der Waals surface area contributed by atoms with Crippen LogP contribution in [0.25, 0.3) is 0 Å². The van der Waals surface area contributed by atoms with Gasteiger partial charge >= 0.3 is 0 Å². The standard InChI is InChI=1S/C16H26N2/c1-3-4-14-9-11-18(12-10-14)16-7-5-15(6-8-16)13(2)17/h5-8,13-14H,3-4,9-12,17H2,1-2H3. The van der Waals surface area contributed by atoms with Crippen molar-refractivity contribution in [3.8, 4) is 0 Å². The summed E-state index contributed by atoms with van der Waals surface area (Å²) >= 11 is 0. The van der Waals surface area contributed by atoms with Crippen molar-refractivity contribution in [2.45, 2.75) is 45.6 Å². The molecule has 0 aliphatic carbocycles. The molecule has 0 bridgehead atoms. The van der Waals surface area contributed by atoms with Crippen LogP contribution in [0, 0.1) is 5.92 Å². The summed E-state index contributed by atoms with van der Waals surface area (Å²) in [5.41, 5.74) is 8.46. The summed E-state index contributed by atoms with van der Waals surface area (Å²) in [6.45, 7) is 6.74. The quantitative estimate of drug-likeness (QED) is 0.877. The molecule has 0 spiro atoms. The molecular formula is C16H26N2. The molecule has 0 radical (unpaired) electrons. The van der Waals surface area contributed by atoms with E-state index >= 15 is 0 Å². The van der Waals surface area contributed by atoms with E-state index in [1.165, 1.54) is 50.0 Å². The molecule has 2 N–H and O–H groups in total. The Morgan fingerprint density at radius 3 is 2.33 bits per heavy atom. The molecule has 1 saturated heterocycles. The van der Waals surface area contributed by atoms with Gasteiger partial charge in [-0.15, -0.1) is 0 Å². The lowest BCUT2D eigenvalue weighted by Gasteiger charge is -2.33. The number of rotatable bonds is 4. The van der Waals surface area contributed by atoms with Gasteiger partial charge in [-0.05, 0) is 43.4 Å². The fraction of sp³-hybridized carbons (Fsp3) is 0.625. The van der Waals surface area contributed by atoms with Crippen LogP contribution in [0.3, 0.4) is 0 Å². The van der Waals surface area contributed by atoms with Crippen molar-refractivity contribution in [2.75, 3.05) is 18.0 Å². The Balaban J connectivity index is 1.93. The van der Waals surface area contributed by atoms with Gasteiger partial charge in [0.25, 0.3) is 0 Å². The Kier molecular flexibility index (Phi) is 4.65. The van der Waals surface area contributed by atoms with Crippen molar-refractivity contribution in [3.05, 3.63) is 29.8 Å². The number of nitrogens with zero attached hydrogens (tertiary/aromatic N) is 1. The van der Waals surface area contributed by atoms with Gasteiger partial charge in [0.1, 0.15) is 0 Å². The molecule has 2 nitrogen and oxygen atoms in total. The van der Waals surface area contributed by atoms with E-state index in [1.54, 1.807) is 0 Å². The highest BCUT2D eigenvalue weighted by atomic mass is 15.1.